The molecule has 0 saturated heterocycles. The second kappa shape index (κ2) is 7.34. The van der Waals surface area contributed by atoms with Crippen molar-refractivity contribution in [2.45, 2.75) is 43.1 Å². The topological polar surface area (TPSA) is 84.4 Å². The van der Waals surface area contributed by atoms with Crippen LogP contribution in [0.4, 0.5) is 13.2 Å². The van der Waals surface area contributed by atoms with Crippen LogP contribution in [0, 0.1) is 0 Å². The third-order valence-electron chi connectivity index (χ3n) is 3.20. The van der Waals surface area contributed by atoms with Crippen LogP contribution < -0.4 is 5.14 Å². The average molecular weight is 340 g/mol. The van der Waals surface area contributed by atoms with Crippen LogP contribution in [0.3, 0.4) is 0 Å². The van der Waals surface area contributed by atoms with Crippen molar-refractivity contribution in [3.8, 4) is 0 Å². The van der Waals surface area contributed by atoms with Crippen LogP contribution in [0.2, 0.25) is 0 Å². The van der Waals surface area contributed by atoms with Gasteiger partial charge in [0.05, 0.1) is 11.7 Å². The van der Waals surface area contributed by atoms with Gasteiger partial charge in [-0.2, -0.15) is 18.3 Å². The number of hydrogen-bond donors (Lipinski definition) is 2. The van der Waals surface area contributed by atoms with Crippen molar-refractivity contribution in [1.29, 1.82) is 0 Å². The third-order valence-corrected chi connectivity index (χ3v) is 3.64. The summed E-state index contributed by atoms with van der Waals surface area (Å²) in [6, 6.07) is 3.11. The Bertz CT molecular complexity index is 515. The van der Waals surface area contributed by atoms with Crippen LogP contribution in [0.25, 0.3) is 0 Å². The van der Waals surface area contributed by atoms with E-state index in [1.807, 2.05) is 0 Å². The van der Waals surface area contributed by atoms with E-state index in [4.69, 9.17) is 15.0 Å². The van der Waals surface area contributed by atoms with Gasteiger partial charge in [-0.3, -0.25) is 9.82 Å². The lowest BCUT2D eigenvalue weighted by Gasteiger charge is -2.20. The summed E-state index contributed by atoms with van der Waals surface area (Å²) in [5.41, 5.74) is 1.27. The van der Waals surface area contributed by atoms with Gasteiger partial charge in [-0.25, -0.2) is 4.79 Å². The summed E-state index contributed by atoms with van der Waals surface area (Å²) in [7, 11) is 4.17. The van der Waals surface area contributed by atoms with Crippen LogP contribution in [-0.4, -0.2) is 46.0 Å². The maximum atomic E-state index is 10.6. The van der Waals surface area contributed by atoms with Gasteiger partial charge in [-0.1, -0.05) is 0 Å². The van der Waals surface area contributed by atoms with Gasteiger partial charge in [-0.15, -0.1) is 0 Å². The van der Waals surface area contributed by atoms with Gasteiger partial charge in [0.2, 0.25) is 0 Å². The van der Waals surface area contributed by atoms with Crippen molar-refractivity contribution in [2.75, 3.05) is 14.1 Å². The molecule has 1 saturated carbocycles. The van der Waals surface area contributed by atoms with Crippen molar-refractivity contribution >= 4 is 17.9 Å². The smallest absolute Gasteiger partial charge is 0.475 e. The fraction of sp³-hybridized carbons (Fsp3) is 0.667. The van der Waals surface area contributed by atoms with Gasteiger partial charge in [-0.05, 0) is 51.9 Å². The first-order valence-electron chi connectivity index (χ1n) is 6.50. The first-order chi connectivity index (χ1) is 10.1. The highest BCUT2D eigenvalue weighted by molar-refractivity contribution is 7.97. The van der Waals surface area contributed by atoms with Crippen molar-refractivity contribution in [3.05, 3.63) is 11.8 Å². The van der Waals surface area contributed by atoms with Crippen LogP contribution in [-0.2, 0) is 4.79 Å². The second-order valence-corrected chi connectivity index (χ2v) is 5.80. The molecule has 0 aliphatic heterocycles. The predicted molar refractivity (Wildman–Crippen MR) is 76.3 cm³/mol. The fourth-order valence-corrected chi connectivity index (χ4v) is 1.96. The molecule has 0 aromatic carbocycles. The number of halogens is 3. The van der Waals surface area contributed by atoms with E-state index >= 15 is 0 Å². The van der Waals surface area contributed by atoms with Gasteiger partial charge < -0.3 is 10.0 Å². The van der Waals surface area contributed by atoms with E-state index in [1.165, 1.54) is 30.5 Å². The minimum absolute atomic E-state index is 0.388. The summed E-state index contributed by atoms with van der Waals surface area (Å²) in [6.07, 6.45) is -2.58. The Balaban J connectivity index is 0.000000295. The lowest BCUT2D eigenvalue weighted by molar-refractivity contribution is -0.192. The van der Waals surface area contributed by atoms with Crippen molar-refractivity contribution in [1.82, 2.24) is 14.7 Å². The number of nitrogens with zero attached hydrogens (tertiary/aromatic N) is 3. The van der Waals surface area contributed by atoms with Gasteiger partial charge in [0, 0.05) is 6.04 Å². The fourth-order valence-electron chi connectivity index (χ4n) is 1.63. The summed E-state index contributed by atoms with van der Waals surface area (Å²) in [5, 5.41) is 18.1. The molecule has 2 rings (SSSR count). The minimum Gasteiger partial charge on any atom is -0.475 e. The maximum absolute atomic E-state index is 10.6. The number of carbonyl (C=O) groups is 1. The standard InChI is InChI=1S/C10H18N4S.C2HF3O2/c1-7(13(2)3)9-6-10(15-11)12-14(9)8-4-5-8;3-2(4,5)1(6)7/h6-8H,4-5,11H2,1-3H3;(H,6,7). The zero-order valence-corrected chi connectivity index (χ0v) is 13.3. The largest absolute Gasteiger partial charge is 0.490 e. The van der Waals surface area contributed by atoms with Crippen LogP contribution in [0.5, 0.6) is 0 Å². The summed E-state index contributed by atoms with van der Waals surface area (Å²) in [6.45, 7) is 2.20. The zero-order chi connectivity index (χ0) is 17.1. The molecule has 1 aliphatic carbocycles. The van der Waals surface area contributed by atoms with Crippen LogP contribution in [0.15, 0.2) is 11.1 Å². The lowest BCUT2D eigenvalue weighted by Crippen LogP contribution is -2.21. The first-order valence-corrected chi connectivity index (χ1v) is 7.38. The molecule has 0 bridgehead atoms. The number of hydrogen-bond acceptors (Lipinski definition) is 5. The second-order valence-electron chi connectivity index (χ2n) is 5.14. The molecule has 0 radical (unpaired) electrons. The molecular formula is C12H19F3N4O2S. The van der Waals surface area contributed by atoms with Crippen LogP contribution in [0.1, 0.15) is 37.5 Å². The van der Waals surface area contributed by atoms with E-state index in [0.717, 1.165) is 5.03 Å². The molecule has 0 spiro atoms. The van der Waals surface area contributed by atoms with Crippen molar-refractivity contribution < 1.29 is 23.1 Å². The third kappa shape index (κ3) is 5.18. The molecule has 1 aromatic rings. The zero-order valence-electron chi connectivity index (χ0n) is 12.5. The monoisotopic (exact) mass is 340 g/mol. The molecule has 1 aromatic heterocycles. The number of rotatable bonds is 4. The quantitative estimate of drug-likeness (QED) is 0.819. The van der Waals surface area contributed by atoms with Gasteiger partial charge in [0.15, 0.2) is 0 Å². The number of nitrogens with two attached hydrogens (primary N) is 1. The molecule has 1 unspecified atom stereocenters. The number of aliphatic carboxylic acids is 1. The average Bonchev–Trinajstić information content (AvgIpc) is 3.16. The summed E-state index contributed by atoms with van der Waals surface area (Å²) < 4.78 is 33.9. The van der Waals surface area contributed by atoms with Crippen molar-refractivity contribution in [3.63, 3.8) is 0 Å². The number of carboxylic acid groups (broad SMARTS) is 1. The normalized spacial score (nSPS) is 16.2. The maximum Gasteiger partial charge on any atom is 0.490 e. The van der Waals surface area contributed by atoms with Gasteiger partial charge in [0.25, 0.3) is 0 Å². The lowest BCUT2D eigenvalue weighted by atomic mass is 10.2. The highest BCUT2D eigenvalue weighted by atomic mass is 32.2. The SMILES string of the molecule is CC(c1cc(SN)nn1C1CC1)N(C)C.O=C(O)C(F)(F)F. The number of alkyl halides is 3. The Hall–Kier alpha value is -1.26. The van der Waals surface area contributed by atoms with Gasteiger partial charge in [0.1, 0.15) is 5.03 Å². The summed E-state index contributed by atoms with van der Waals surface area (Å²) in [5.74, 6) is -2.76. The van der Waals surface area contributed by atoms with Crippen LogP contribution >= 0.6 is 11.9 Å². The minimum atomic E-state index is -5.08. The number of carboxylic acids is 1. The summed E-state index contributed by atoms with van der Waals surface area (Å²) >= 11 is 1.23. The molecular weight excluding hydrogens is 321 g/mol. The molecule has 1 heterocycles. The Kier molecular flexibility index (Phi) is 6.27. The van der Waals surface area contributed by atoms with E-state index in [9.17, 15) is 13.2 Å². The Morgan fingerprint density at radius 3 is 2.36 bits per heavy atom. The van der Waals surface area contributed by atoms with E-state index in [2.05, 4.69) is 41.8 Å². The predicted octanol–water partition coefficient (Wildman–Crippen LogP) is 2.44. The van der Waals surface area contributed by atoms with E-state index in [0.29, 0.717) is 12.1 Å². The summed E-state index contributed by atoms with van der Waals surface area (Å²) in [4.78, 5) is 11.1. The van der Waals surface area contributed by atoms with E-state index in [1.54, 1.807) is 0 Å². The molecule has 0 amide bonds. The highest BCUT2D eigenvalue weighted by Gasteiger charge is 2.38. The first kappa shape index (κ1) is 18.8. The molecule has 126 valence electrons. The Labute approximate surface area is 130 Å². The Morgan fingerprint density at radius 1 is 1.55 bits per heavy atom. The van der Waals surface area contributed by atoms with Crippen molar-refractivity contribution in [2.24, 2.45) is 5.14 Å². The Morgan fingerprint density at radius 2 is 2.05 bits per heavy atom. The van der Waals surface area contributed by atoms with E-state index in [-0.39, 0.29) is 0 Å². The molecule has 3 N–H and O–H groups in total. The van der Waals surface area contributed by atoms with E-state index < -0.39 is 12.1 Å². The molecule has 10 heteroatoms. The molecule has 1 fully saturated rings. The highest BCUT2D eigenvalue weighted by Crippen LogP contribution is 2.38. The molecule has 22 heavy (non-hydrogen) atoms. The number of aromatic nitrogens is 2. The van der Waals surface area contributed by atoms with Gasteiger partial charge >= 0.3 is 12.1 Å². The molecule has 1 aliphatic rings. The molecule has 1 atom stereocenters. The molecule has 6 nitrogen and oxygen atoms in total.